The quantitative estimate of drug-likeness (QED) is 0.737. The van der Waals surface area contributed by atoms with E-state index in [-0.39, 0.29) is 5.91 Å². The Morgan fingerprint density at radius 1 is 1.38 bits per heavy atom. The number of rotatable bonds is 3. The van der Waals surface area contributed by atoms with E-state index in [1.165, 1.54) is 6.42 Å². The summed E-state index contributed by atoms with van der Waals surface area (Å²) in [5.41, 5.74) is -0.524. The van der Waals surface area contributed by atoms with E-state index in [1.807, 2.05) is 13.8 Å². The summed E-state index contributed by atoms with van der Waals surface area (Å²) in [6.07, 6.45) is 5.53. The molecule has 0 aromatic rings. The SMILES string of the molecule is CC(C)CC(=O)N(C)C1(C#N)CCCCC1. The third kappa shape index (κ3) is 2.75. The van der Waals surface area contributed by atoms with Gasteiger partial charge in [0.25, 0.3) is 0 Å². The highest BCUT2D eigenvalue weighted by atomic mass is 16.2. The Morgan fingerprint density at radius 2 is 1.94 bits per heavy atom. The first-order valence-electron chi connectivity index (χ1n) is 6.20. The second-order valence-electron chi connectivity index (χ2n) is 5.25. The van der Waals surface area contributed by atoms with Crippen LogP contribution >= 0.6 is 0 Å². The van der Waals surface area contributed by atoms with Crippen molar-refractivity contribution in [3.05, 3.63) is 0 Å². The second kappa shape index (κ2) is 5.34. The number of amides is 1. The average molecular weight is 222 g/mol. The summed E-state index contributed by atoms with van der Waals surface area (Å²) in [5.74, 6) is 0.465. The minimum absolute atomic E-state index is 0.110. The van der Waals surface area contributed by atoms with E-state index in [2.05, 4.69) is 6.07 Å². The molecule has 0 radical (unpaired) electrons. The molecule has 0 N–H and O–H groups in total. The topological polar surface area (TPSA) is 44.1 Å². The molecule has 0 aliphatic heterocycles. The zero-order chi connectivity index (χ0) is 12.2. The molecular weight excluding hydrogens is 200 g/mol. The summed E-state index contributed by atoms with van der Waals surface area (Å²) in [6, 6.07) is 2.38. The summed E-state index contributed by atoms with van der Waals surface area (Å²) in [7, 11) is 1.79. The maximum absolute atomic E-state index is 12.0. The molecule has 16 heavy (non-hydrogen) atoms. The lowest BCUT2D eigenvalue weighted by Gasteiger charge is -2.39. The number of hydrogen-bond acceptors (Lipinski definition) is 2. The van der Waals surface area contributed by atoms with Gasteiger partial charge in [0.2, 0.25) is 5.91 Å². The first kappa shape index (κ1) is 13.0. The van der Waals surface area contributed by atoms with Crippen LogP contribution < -0.4 is 0 Å². The average Bonchev–Trinajstić information content (AvgIpc) is 2.28. The third-order valence-electron chi connectivity index (χ3n) is 3.49. The van der Waals surface area contributed by atoms with Gasteiger partial charge in [-0.15, -0.1) is 0 Å². The molecule has 0 atom stereocenters. The van der Waals surface area contributed by atoms with Gasteiger partial charge in [0.15, 0.2) is 0 Å². The van der Waals surface area contributed by atoms with Crippen molar-refractivity contribution in [2.24, 2.45) is 5.92 Å². The van der Waals surface area contributed by atoms with Crippen LogP contribution in [0.2, 0.25) is 0 Å². The van der Waals surface area contributed by atoms with Gasteiger partial charge >= 0.3 is 0 Å². The lowest BCUT2D eigenvalue weighted by molar-refractivity contribution is -0.135. The molecule has 1 aliphatic carbocycles. The fraction of sp³-hybridized carbons (Fsp3) is 0.846. The van der Waals surface area contributed by atoms with Gasteiger partial charge in [0, 0.05) is 13.5 Å². The number of carbonyl (C=O) groups excluding carboxylic acids is 1. The van der Waals surface area contributed by atoms with Crippen molar-refractivity contribution in [3.8, 4) is 6.07 Å². The van der Waals surface area contributed by atoms with Crippen molar-refractivity contribution in [2.45, 2.75) is 57.9 Å². The van der Waals surface area contributed by atoms with Crippen LogP contribution in [0.4, 0.5) is 0 Å². The lowest BCUT2D eigenvalue weighted by Crippen LogP contribution is -2.50. The molecule has 3 nitrogen and oxygen atoms in total. The largest absolute Gasteiger partial charge is 0.327 e. The monoisotopic (exact) mass is 222 g/mol. The van der Waals surface area contributed by atoms with Crippen LogP contribution in [0.3, 0.4) is 0 Å². The van der Waals surface area contributed by atoms with Gasteiger partial charge in [-0.1, -0.05) is 33.1 Å². The highest BCUT2D eigenvalue weighted by Crippen LogP contribution is 2.32. The number of nitriles is 1. The Hall–Kier alpha value is -1.04. The van der Waals surface area contributed by atoms with E-state index >= 15 is 0 Å². The summed E-state index contributed by atoms with van der Waals surface area (Å²) < 4.78 is 0. The van der Waals surface area contributed by atoms with E-state index in [4.69, 9.17) is 0 Å². The molecule has 1 rings (SSSR count). The molecule has 0 aromatic heterocycles. The normalized spacial score (nSPS) is 19.2. The fourth-order valence-electron chi connectivity index (χ4n) is 2.38. The minimum Gasteiger partial charge on any atom is -0.327 e. The molecular formula is C13H22N2O. The van der Waals surface area contributed by atoms with Crippen molar-refractivity contribution < 1.29 is 4.79 Å². The van der Waals surface area contributed by atoms with Gasteiger partial charge < -0.3 is 4.90 Å². The van der Waals surface area contributed by atoms with Crippen LogP contribution in [0.1, 0.15) is 52.4 Å². The maximum atomic E-state index is 12.0. The summed E-state index contributed by atoms with van der Waals surface area (Å²) in [4.78, 5) is 13.7. The first-order chi connectivity index (χ1) is 7.52. The van der Waals surface area contributed by atoms with E-state index in [0.29, 0.717) is 12.3 Å². The van der Waals surface area contributed by atoms with Crippen LogP contribution in [-0.2, 0) is 4.79 Å². The fourth-order valence-corrected chi connectivity index (χ4v) is 2.38. The number of hydrogen-bond donors (Lipinski definition) is 0. The molecule has 1 amide bonds. The van der Waals surface area contributed by atoms with Crippen molar-refractivity contribution in [3.63, 3.8) is 0 Å². The predicted octanol–water partition coefficient (Wildman–Crippen LogP) is 2.72. The number of carbonyl (C=O) groups is 1. The molecule has 0 heterocycles. The summed E-state index contributed by atoms with van der Waals surface area (Å²) in [5, 5.41) is 9.35. The molecule has 0 unspecified atom stereocenters. The van der Waals surface area contributed by atoms with Gasteiger partial charge in [0.1, 0.15) is 5.54 Å². The maximum Gasteiger partial charge on any atom is 0.223 e. The van der Waals surface area contributed by atoms with Crippen LogP contribution in [0.15, 0.2) is 0 Å². The molecule has 1 saturated carbocycles. The summed E-state index contributed by atoms with van der Waals surface area (Å²) in [6.45, 7) is 4.07. The zero-order valence-electron chi connectivity index (χ0n) is 10.6. The smallest absolute Gasteiger partial charge is 0.223 e. The van der Waals surface area contributed by atoms with Crippen LogP contribution in [0.5, 0.6) is 0 Å². The van der Waals surface area contributed by atoms with Crippen molar-refractivity contribution in [1.29, 1.82) is 5.26 Å². The molecule has 0 spiro atoms. The Balaban J connectivity index is 2.72. The van der Waals surface area contributed by atoms with Crippen molar-refractivity contribution in [2.75, 3.05) is 7.05 Å². The molecule has 1 fully saturated rings. The molecule has 3 heteroatoms. The van der Waals surface area contributed by atoms with E-state index in [1.54, 1.807) is 11.9 Å². The standard InChI is InChI=1S/C13H22N2O/c1-11(2)9-12(16)15(3)13(10-14)7-5-4-6-8-13/h11H,4-9H2,1-3H3. The Kier molecular flexibility index (Phi) is 4.35. The van der Waals surface area contributed by atoms with Crippen LogP contribution in [0, 0.1) is 17.2 Å². The van der Waals surface area contributed by atoms with Gasteiger partial charge in [-0.2, -0.15) is 5.26 Å². The van der Waals surface area contributed by atoms with E-state index < -0.39 is 5.54 Å². The molecule has 1 aliphatic rings. The lowest BCUT2D eigenvalue weighted by atomic mass is 9.81. The Morgan fingerprint density at radius 3 is 2.38 bits per heavy atom. The van der Waals surface area contributed by atoms with E-state index in [9.17, 15) is 10.1 Å². The molecule has 0 saturated heterocycles. The second-order valence-corrected chi connectivity index (χ2v) is 5.25. The molecule has 0 aromatic carbocycles. The van der Waals surface area contributed by atoms with Gasteiger partial charge in [0.05, 0.1) is 6.07 Å². The third-order valence-corrected chi connectivity index (χ3v) is 3.49. The Bertz CT molecular complexity index is 285. The predicted molar refractivity (Wildman–Crippen MR) is 63.7 cm³/mol. The molecule has 0 bridgehead atoms. The van der Waals surface area contributed by atoms with Gasteiger partial charge in [-0.3, -0.25) is 4.79 Å². The van der Waals surface area contributed by atoms with Crippen molar-refractivity contribution >= 4 is 5.91 Å². The highest BCUT2D eigenvalue weighted by Gasteiger charge is 2.38. The Labute approximate surface area is 98.4 Å². The van der Waals surface area contributed by atoms with Gasteiger partial charge in [-0.05, 0) is 18.8 Å². The van der Waals surface area contributed by atoms with E-state index in [0.717, 1.165) is 25.7 Å². The molecule has 90 valence electrons. The number of nitrogens with zero attached hydrogens (tertiary/aromatic N) is 2. The van der Waals surface area contributed by atoms with Crippen LogP contribution in [-0.4, -0.2) is 23.4 Å². The minimum atomic E-state index is -0.524. The van der Waals surface area contributed by atoms with Crippen molar-refractivity contribution in [1.82, 2.24) is 4.90 Å². The zero-order valence-corrected chi connectivity index (χ0v) is 10.6. The highest BCUT2D eigenvalue weighted by molar-refractivity contribution is 5.77. The van der Waals surface area contributed by atoms with Crippen LogP contribution in [0.25, 0.3) is 0 Å². The van der Waals surface area contributed by atoms with Gasteiger partial charge in [-0.25, -0.2) is 0 Å². The first-order valence-corrected chi connectivity index (χ1v) is 6.20. The summed E-state index contributed by atoms with van der Waals surface area (Å²) >= 11 is 0.